The summed E-state index contributed by atoms with van der Waals surface area (Å²) in [7, 11) is -12.0. The van der Waals surface area contributed by atoms with Gasteiger partial charge in [-0.15, -0.1) is 40.3 Å². The van der Waals surface area contributed by atoms with Crippen molar-refractivity contribution in [2.45, 2.75) is 143 Å². The third-order valence-electron chi connectivity index (χ3n) is 22.1. The molecular formula is C98H124Cl3FN10O15S3. The Kier molecular flexibility index (Phi) is 40.2. The van der Waals surface area contributed by atoms with Crippen molar-refractivity contribution < 1.29 is 72.3 Å². The first-order valence-corrected chi connectivity index (χ1v) is 48.6. The summed E-state index contributed by atoms with van der Waals surface area (Å²) in [6, 6.07) is 60.7. The van der Waals surface area contributed by atoms with Gasteiger partial charge in [0, 0.05) is 95.2 Å². The maximum atomic E-state index is 13.4. The molecule has 702 valence electrons. The smallest absolute Gasteiger partial charge is 0.419 e. The Labute approximate surface area is 781 Å². The highest BCUT2D eigenvalue weighted by molar-refractivity contribution is 7.91. The molecule has 5 aromatic heterocycles. The SMILES string of the molecule is C.CC(C)(C)OC(=O)n1ccc2c(OCCN3CCCC3)cccc21.CC(C)OC(=O)n1c(S(=O)(=O)c2ccccc2)cc2c(OCCN3CCCC3)cccc21.Cl.Cl.ClCCN1CCCC1.O=S(=O)(F)c1ccccc1.O=S(=O)(c1ccccc1)c1cc2c(OCCN3CCCC3)cccc2[nH]1.Oc1cccc2[nH]ccc12.c1cc(OCCN2CCCC2)c2cc[nH]c2c1. The van der Waals surface area contributed by atoms with Crippen LogP contribution in [0.15, 0.2) is 256 Å². The number of rotatable bonds is 24. The number of hydrogen-bond acceptors (Lipinski definition) is 20. The van der Waals surface area contributed by atoms with Crippen LogP contribution < -0.4 is 18.9 Å². The lowest BCUT2D eigenvalue weighted by Crippen LogP contribution is -2.26. The molecule has 4 N–H and O–H groups in total. The molecule has 0 bridgehead atoms. The van der Waals surface area contributed by atoms with E-state index in [1.807, 2.05) is 106 Å². The fourth-order valence-electron chi connectivity index (χ4n) is 15.6. The zero-order chi connectivity index (χ0) is 89.8. The number of phenolic OH excluding ortho intramolecular Hbond substituents is 1. The number of aromatic nitrogens is 5. The summed E-state index contributed by atoms with van der Waals surface area (Å²) in [6.45, 7) is 28.1. The predicted octanol–water partition coefficient (Wildman–Crippen LogP) is 20.4. The average Bonchev–Trinajstić information content (AvgIpc) is 1.59. The first kappa shape index (κ1) is 104. The van der Waals surface area contributed by atoms with Gasteiger partial charge in [0.15, 0.2) is 5.03 Å². The molecule has 32 heteroatoms. The van der Waals surface area contributed by atoms with Gasteiger partial charge < -0.3 is 53.4 Å². The van der Waals surface area contributed by atoms with Crippen LogP contribution in [-0.2, 0) is 39.4 Å². The summed E-state index contributed by atoms with van der Waals surface area (Å²) in [5.41, 5.74) is 3.60. The Morgan fingerprint density at radius 1 is 0.431 bits per heavy atom. The second-order valence-electron chi connectivity index (χ2n) is 32.8. The lowest BCUT2D eigenvalue weighted by molar-refractivity contribution is 0.0544. The van der Waals surface area contributed by atoms with Crippen LogP contribution in [0.2, 0.25) is 0 Å². The van der Waals surface area contributed by atoms with Crippen LogP contribution in [0.4, 0.5) is 13.5 Å². The van der Waals surface area contributed by atoms with Gasteiger partial charge in [-0.25, -0.2) is 31.0 Å². The maximum absolute atomic E-state index is 13.4. The Bertz CT molecular complexity index is 6010. The molecule has 5 saturated heterocycles. The van der Waals surface area contributed by atoms with E-state index in [1.54, 1.807) is 105 Å². The van der Waals surface area contributed by atoms with Crippen molar-refractivity contribution in [1.29, 1.82) is 0 Å². The number of sulfone groups is 2. The number of aromatic hydroxyl groups is 1. The molecule has 0 atom stereocenters. The summed E-state index contributed by atoms with van der Waals surface area (Å²) in [6.07, 6.45) is 16.9. The van der Waals surface area contributed by atoms with Crippen molar-refractivity contribution in [2.24, 2.45) is 0 Å². The fraction of sp³-hybridized carbons (Fsp3) is 0.388. The highest BCUT2D eigenvalue weighted by atomic mass is 35.5. The summed E-state index contributed by atoms with van der Waals surface area (Å²) >= 11 is 5.54. The number of carbonyl (C=O) groups excluding carboxylic acids is 2. The van der Waals surface area contributed by atoms with Crippen LogP contribution in [0.5, 0.6) is 28.7 Å². The van der Waals surface area contributed by atoms with Gasteiger partial charge in [-0.2, -0.15) is 8.42 Å². The van der Waals surface area contributed by atoms with Gasteiger partial charge in [0.1, 0.15) is 65.8 Å². The molecule has 0 aliphatic carbocycles. The molecule has 130 heavy (non-hydrogen) atoms. The number of halogens is 4. The molecule has 13 aromatic rings. The number of ether oxygens (including phenoxy) is 6. The summed E-state index contributed by atoms with van der Waals surface area (Å²) < 4.78 is 122. The van der Waals surface area contributed by atoms with Crippen LogP contribution in [-0.4, -0.2) is 233 Å². The third kappa shape index (κ3) is 29.4. The van der Waals surface area contributed by atoms with Crippen LogP contribution in [0, 0.1) is 0 Å². The van der Waals surface area contributed by atoms with Crippen molar-refractivity contribution >= 4 is 133 Å². The molecule has 5 aliphatic rings. The zero-order valence-corrected chi connectivity index (χ0v) is 78.7. The van der Waals surface area contributed by atoms with E-state index in [-0.39, 0.29) is 63.1 Å². The van der Waals surface area contributed by atoms with E-state index in [0.717, 1.165) is 126 Å². The summed E-state index contributed by atoms with van der Waals surface area (Å²) in [5.74, 6) is 4.19. The fourth-order valence-corrected chi connectivity index (χ4v) is 19.1. The van der Waals surface area contributed by atoms with Gasteiger partial charge in [-0.1, -0.05) is 92.4 Å². The van der Waals surface area contributed by atoms with Crippen LogP contribution in [0.3, 0.4) is 0 Å². The van der Waals surface area contributed by atoms with Gasteiger partial charge in [0.05, 0.1) is 37.3 Å². The van der Waals surface area contributed by atoms with Crippen LogP contribution in [0.25, 0.3) is 54.5 Å². The van der Waals surface area contributed by atoms with Crippen molar-refractivity contribution in [1.82, 2.24) is 48.6 Å². The van der Waals surface area contributed by atoms with E-state index in [0.29, 0.717) is 48.0 Å². The maximum Gasteiger partial charge on any atom is 0.419 e. The van der Waals surface area contributed by atoms with E-state index < -0.39 is 47.7 Å². The number of nitrogens with zero attached hydrogens (tertiary/aromatic N) is 7. The molecule has 25 nitrogen and oxygen atoms in total. The number of carbonyl (C=O) groups is 2. The van der Waals surface area contributed by atoms with Gasteiger partial charge in [-0.3, -0.25) is 24.2 Å². The van der Waals surface area contributed by atoms with E-state index in [4.69, 9.17) is 40.0 Å². The molecule has 10 heterocycles. The van der Waals surface area contributed by atoms with Crippen LogP contribution >= 0.6 is 36.4 Å². The Balaban J connectivity index is 0.000000178. The van der Waals surface area contributed by atoms with Crippen molar-refractivity contribution in [2.75, 3.05) is 130 Å². The zero-order valence-electron chi connectivity index (χ0n) is 73.8. The number of fused-ring (bicyclic) bond motifs is 5. The molecule has 0 amide bonds. The first-order valence-electron chi connectivity index (χ1n) is 43.7. The number of hydrogen-bond donors (Lipinski definition) is 4. The predicted molar refractivity (Wildman–Crippen MR) is 520 cm³/mol. The largest absolute Gasteiger partial charge is 0.507 e. The second kappa shape index (κ2) is 50.5. The molecule has 0 saturated carbocycles. The molecule has 5 aliphatic heterocycles. The lowest BCUT2D eigenvalue weighted by atomic mass is 10.2. The number of phenols is 1. The molecule has 0 radical (unpaired) electrons. The monoisotopic (exact) mass is 1900 g/mol. The highest BCUT2D eigenvalue weighted by Crippen LogP contribution is 2.36. The third-order valence-corrected chi connectivity index (χ3v) is 26.5. The molecule has 0 spiro atoms. The normalized spacial score (nSPS) is 14.9. The first-order chi connectivity index (χ1) is 61.3. The average molecular weight is 1900 g/mol. The Morgan fingerprint density at radius 3 is 1.25 bits per heavy atom. The van der Waals surface area contributed by atoms with Crippen LogP contribution in [0.1, 0.15) is 106 Å². The van der Waals surface area contributed by atoms with Gasteiger partial charge in [0.2, 0.25) is 19.7 Å². The Hall–Kier alpha value is -10.2. The number of likely N-dealkylation sites (tertiary alicyclic amines) is 5. The molecule has 8 aromatic carbocycles. The second-order valence-corrected chi connectivity index (χ2v) is 38.3. The molecule has 18 rings (SSSR count). The molecular weight excluding hydrogens is 1780 g/mol. The molecule has 5 fully saturated rings. The minimum absolute atomic E-state index is 0. The van der Waals surface area contributed by atoms with Gasteiger partial charge in [0.25, 0.3) is 0 Å². The number of alkyl halides is 1. The number of nitrogens with one attached hydrogen (secondary N) is 3. The summed E-state index contributed by atoms with van der Waals surface area (Å²) in [5, 5.41) is 13.6. The van der Waals surface area contributed by atoms with Crippen molar-refractivity contribution in [3.05, 3.63) is 231 Å². The van der Waals surface area contributed by atoms with E-state index in [9.17, 15) is 43.8 Å². The highest BCUT2D eigenvalue weighted by Gasteiger charge is 2.31. The van der Waals surface area contributed by atoms with Gasteiger partial charge in [-0.05, 0) is 292 Å². The van der Waals surface area contributed by atoms with E-state index in [2.05, 4.69) is 51.6 Å². The van der Waals surface area contributed by atoms with Crippen molar-refractivity contribution in [3.8, 4) is 28.7 Å². The quantitative estimate of drug-likeness (QED) is 0.0323. The van der Waals surface area contributed by atoms with Gasteiger partial charge >= 0.3 is 22.4 Å². The standard InChI is InChI=1S/C24H28N2O5S.C20H22N2O3S.C19H26N2O3.C14H18N2O.C8H7NO.C6H12ClN.C6H5FO2S.CH4.2ClH/c1-18(2)31-24(27)26-21-11-8-12-22(30-16-15-25-13-6-7-14-25)20(21)17-23(26)32(28,29)19-9-4-3-5-10-19;23-26(24,16-7-2-1-3-8-16)20-15-17-18(21-20)9-6-10-19(17)25-14-13-22-11-4-5-12-22;1-19(2,3)24-18(22)21-12-9-15-16(21)7-6-8-17(15)23-14-13-20-10-4-5-11-20;1-2-9-16(8-1)10-11-17-14-5-3-4-13-12(14)6-7-15-13;10-8-3-1-2-7-6(8)4-5-9-7;7-3-6-8-4-1-2-5-8;7-10(8,9)6-4-2-1-3-5-6;;;/h3-5,8-12,17-18H,6-7,13-16H2,1-2H3;1-3,6-10,15,21H,4-5,11-14H2;6-9,12H,4-5,10-11,13-14H2,1-3H3;3-7,15H,1-2,8-11H2;1-5,9-10H;1-6H2;1-5H;1H4;2*1H. The van der Waals surface area contributed by atoms with E-state index >= 15 is 0 Å². The topological polar surface area (TPSA) is 286 Å². The minimum atomic E-state index is -4.50. The number of aromatic amines is 3. The lowest BCUT2D eigenvalue weighted by Gasteiger charge is -2.20. The van der Waals surface area contributed by atoms with Crippen molar-refractivity contribution in [3.63, 3.8) is 0 Å². The Morgan fingerprint density at radius 2 is 0.815 bits per heavy atom. The summed E-state index contributed by atoms with van der Waals surface area (Å²) in [4.78, 5) is 46.6. The number of H-pyrrole nitrogens is 3. The van der Waals surface area contributed by atoms with E-state index in [1.165, 1.54) is 156 Å². The molecule has 0 unspecified atom stereocenters. The minimum Gasteiger partial charge on any atom is -0.507 e. The number of benzene rings is 8.